The van der Waals surface area contributed by atoms with Crippen LogP contribution in [0.4, 0.5) is 0 Å². The van der Waals surface area contributed by atoms with Crippen LogP contribution >= 0.6 is 34.7 Å². The molecule has 1 saturated heterocycles. The number of aromatic nitrogens is 2. The predicted molar refractivity (Wildman–Crippen MR) is 125 cm³/mol. The van der Waals surface area contributed by atoms with Crippen LogP contribution in [0.15, 0.2) is 51.2 Å². The first-order valence-corrected chi connectivity index (χ1v) is 12.7. The van der Waals surface area contributed by atoms with Crippen molar-refractivity contribution in [2.24, 2.45) is 5.92 Å². The van der Waals surface area contributed by atoms with Crippen molar-refractivity contribution in [3.05, 3.63) is 52.7 Å². The lowest BCUT2D eigenvalue weighted by molar-refractivity contribution is -0.126. The number of hydrogen-bond donors (Lipinski definition) is 1. The Labute approximate surface area is 195 Å². The summed E-state index contributed by atoms with van der Waals surface area (Å²) >= 11 is 9.28. The zero-order valence-electron chi connectivity index (χ0n) is 17.1. The van der Waals surface area contributed by atoms with Crippen LogP contribution in [0.1, 0.15) is 25.2 Å². The van der Waals surface area contributed by atoms with Crippen molar-refractivity contribution in [3.8, 4) is 10.7 Å². The van der Waals surface area contributed by atoms with Crippen LogP contribution in [0.5, 0.6) is 0 Å². The number of piperidine rings is 1. The molecule has 0 radical (unpaired) electrons. The fourth-order valence-corrected chi connectivity index (χ4v) is 5.15. The minimum atomic E-state index is 0.0875. The van der Waals surface area contributed by atoms with Crippen molar-refractivity contribution in [2.75, 3.05) is 25.4 Å². The Bertz CT molecular complexity index is 954. The topological polar surface area (TPSA) is 71.3 Å². The second kappa shape index (κ2) is 11.1. The minimum absolute atomic E-state index is 0.0875. The molecule has 6 nitrogen and oxygen atoms in total. The molecule has 0 aliphatic carbocycles. The van der Waals surface area contributed by atoms with Crippen molar-refractivity contribution in [3.63, 3.8) is 0 Å². The summed E-state index contributed by atoms with van der Waals surface area (Å²) in [6, 6.07) is 11.8. The summed E-state index contributed by atoms with van der Waals surface area (Å²) < 4.78 is 5.40. The van der Waals surface area contributed by atoms with Gasteiger partial charge < -0.3 is 9.84 Å². The molecule has 1 aromatic carbocycles. The Morgan fingerprint density at radius 1 is 1.26 bits per heavy atom. The molecular formula is C22H25ClN4O2S2. The molecule has 1 amide bonds. The number of halogens is 1. The molecule has 3 aromatic rings. The maximum Gasteiger partial charge on any atom is 0.241 e. The van der Waals surface area contributed by atoms with E-state index in [1.54, 1.807) is 23.1 Å². The standard InChI is InChI=1S/C22H25ClN4O2S2/c23-17-4-6-18(7-5-17)30-14-2-10-24-22(28)16-8-11-27(12-9-16)15-20-25-21(26-29-20)19-3-1-13-31-19/h1,3-7,13,16H,2,8-12,14-15H2,(H,24,28). The average Bonchev–Trinajstić information content (AvgIpc) is 3.47. The fraction of sp³-hybridized carbons (Fsp3) is 0.409. The van der Waals surface area contributed by atoms with Crippen LogP contribution in [0.25, 0.3) is 10.7 Å². The summed E-state index contributed by atoms with van der Waals surface area (Å²) in [7, 11) is 0. The van der Waals surface area contributed by atoms with Crippen LogP contribution in [0.2, 0.25) is 5.02 Å². The van der Waals surface area contributed by atoms with Crippen LogP contribution < -0.4 is 5.32 Å². The molecule has 1 N–H and O–H groups in total. The number of likely N-dealkylation sites (tertiary alicyclic amines) is 1. The van der Waals surface area contributed by atoms with Gasteiger partial charge in [0.1, 0.15) is 0 Å². The van der Waals surface area contributed by atoms with E-state index in [1.807, 2.05) is 41.8 Å². The number of thiophene rings is 1. The summed E-state index contributed by atoms with van der Waals surface area (Å²) in [6.07, 6.45) is 2.66. The summed E-state index contributed by atoms with van der Waals surface area (Å²) in [4.78, 5) is 21.5. The van der Waals surface area contributed by atoms with E-state index in [0.717, 1.165) is 48.0 Å². The van der Waals surface area contributed by atoms with Crippen molar-refractivity contribution in [1.29, 1.82) is 0 Å². The molecule has 3 heterocycles. The molecule has 1 fully saturated rings. The van der Waals surface area contributed by atoms with Gasteiger partial charge in [-0.25, -0.2) is 0 Å². The first kappa shape index (κ1) is 22.3. The van der Waals surface area contributed by atoms with Gasteiger partial charge in [0.2, 0.25) is 17.6 Å². The molecule has 164 valence electrons. The third-order valence-corrected chi connectivity index (χ3v) is 7.45. The van der Waals surface area contributed by atoms with Gasteiger partial charge in [0.25, 0.3) is 0 Å². The SMILES string of the molecule is O=C(NCCCSc1ccc(Cl)cc1)C1CCN(Cc2nc(-c3cccs3)no2)CC1. The van der Waals surface area contributed by atoms with E-state index in [4.69, 9.17) is 16.1 Å². The van der Waals surface area contributed by atoms with Crippen LogP contribution in [0.3, 0.4) is 0 Å². The minimum Gasteiger partial charge on any atom is -0.356 e. The van der Waals surface area contributed by atoms with E-state index in [1.165, 1.54) is 4.90 Å². The molecule has 9 heteroatoms. The Morgan fingerprint density at radius 2 is 2.06 bits per heavy atom. The molecule has 0 bridgehead atoms. The van der Waals surface area contributed by atoms with Crippen LogP contribution in [0, 0.1) is 5.92 Å². The summed E-state index contributed by atoms with van der Waals surface area (Å²) in [5.41, 5.74) is 0. The smallest absolute Gasteiger partial charge is 0.241 e. The van der Waals surface area contributed by atoms with Gasteiger partial charge in [0.05, 0.1) is 11.4 Å². The molecule has 31 heavy (non-hydrogen) atoms. The second-order valence-corrected chi connectivity index (χ2v) is 10.0. The van der Waals surface area contributed by atoms with E-state index in [9.17, 15) is 4.79 Å². The zero-order chi connectivity index (χ0) is 21.5. The number of hydrogen-bond acceptors (Lipinski definition) is 7. The highest BCUT2D eigenvalue weighted by molar-refractivity contribution is 7.99. The first-order valence-electron chi connectivity index (χ1n) is 10.4. The molecule has 0 unspecified atom stereocenters. The third-order valence-electron chi connectivity index (χ3n) is 5.23. The molecule has 0 atom stereocenters. The first-order chi connectivity index (χ1) is 15.2. The third kappa shape index (κ3) is 6.55. The quantitative estimate of drug-likeness (QED) is 0.347. The molecule has 2 aromatic heterocycles. The van der Waals surface area contributed by atoms with Gasteiger partial charge in [-0.3, -0.25) is 9.69 Å². The molecule has 0 spiro atoms. The van der Waals surface area contributed by atoms with Gasteiger partial charge >= 0.3 is 0 Å². The highest BCUT2D eigenvalue weighted by Gasteiger charge is 2.25. The molecule has 4 rings (SSSR count). The Morgan fingerprint density at radius 3 is 2.81 bits per heavy atom. The lowest BCUT2D eigenvalue weighted by atomic mass is 9.96. The van der Waals surface area contributed by atoms with Gasteiger partial charge in [0, 0.05) is 22.4 Å². The van der Waals surface area contributed by atoms with Crippen molar-refractivity contribution in [1.82, 2.24) is 20.4 Å². The van der Waals surface area contributed by atoms with Gasteiger partial charge in [-0.2, -0.15) is 4.98 Å². The largest absolute Gasteiger partial charge is 0.356 e. The Hall–Kier alpha value is -1.87. The number of carbonyl (C=O) groups is 1. The van der Waals surface area contributed by atoms with E-state index in [-0.39, 0.29) is 11.8 Å². The summed E-state index contributed by atoms with van der Waals surface area (Å²) in [5.74, 6) is 2.51. The van der Waals surface area contributed by atoms with Gasteiger partial charge in [-0.15, -0.1) is 23.1 Å². The highest BCUT2D eigenvalue weighted by Crippen LogP contribution is 2.23. The number of thioether (sulfide) groups is 1. The molecular weight excluding hydrogens is 452 g/mol. The average molecular weight is 477 g/mol. The monoisotopic (exact) mass is 476 g/mol. The number of amides is 1. The normalized spacial score (nSPS) is 15.3. The van der Waals surface area contributed by atoms with Crippen LogP contribution in [-0.2, 0) is 11.3 Å². The van der Waals surface area contributed by atoms with E-state index in [2.05, 4.69) is 20.4 Å². The van der Waals surface area contributed by atoms with E-state index in [0.29, 0.717) is 24.8 Å². The van der Waals surface area contributed by atoms with Gasteiger partial charge in [-0.1, -0.05) is 22.8 Å². The predicted octanol–water partition coefficient (Wildman–Crippen LogP) is 4.96. The lowest BCUT2D eigenvalue weighted by Crippen LogP contribution is -2.40. The Balaban J connectivity index is 1.12. The Kier molecular flexibility index (Phi) is 8.02. The molecule has 1 aliphatic rings. The lowest BCUT2D eigenvalue weighted by Gasteiger charge is -2.30. The number of carbonyl (C=O) groups excluding carboxylic acids is 1. The number of benzene rings is 1. The molecule has 1 aliphatic heterocycles. The maximum absolute atomic E-state index is 12.5. The summed E-state index contributed by atoms with van der Waals surface area (Å²) in [6.45, 7) is 3.07. The number of nitrogens with one attached hydrogen (secondary N) is 1. The van der Waals surface area contributed by atoms with Gasteiger partial charge in [0.15, 0.2) is 0 Å². The van der Waals surface area contributed by atoms with Gasteiger partial charge in [-0.05, 0) is 73.8 Å². The highest BCUT2D eigenvalue weighted by atomic mass is 35.5. The molecule has 0 saturated carbocycles. The van der Waals surface area contributed by atoms with E-state index < -0.39 is 0 Å². The summed E-state index contributed by atoms with van der Waals surface area (Å²) in [5, 5.41) is 9.92. The second-order valence-electron chi connectivity index (χ2n) is 7.49. The maximum atomic E-state index is 12.5. The zero-order valence-corrected chi connectivity index (χ0v) is 19.5. The van der Waals surface area contributed by atoms with Crippen LogP contribution in [-0.4, -0.2) is 46.3 Å². The fourth-order valence-electron chi connectivity index (χ4n) is 3.52. The van der Waals surface area contributed by atoms with E-state index >= 15 is 0 Å². The number of rotatable bonds is 9. The van der Waals surface area contributed by atoms with Crippen molar-refractivity contribution >= 4 is 40.6 Å². The number of nitrogens with zero attached hydrogens (tertiary/aromatic N) is 3. The van der Waals surface area contributed by atoms with Crippen molar-refractivity contribution < 1.29 is 9.32 Å². The van der Waals surface area contributed by atoms with Crippen molar-refractivity contribution in [2.45, 2.75) is 30.7 Å².